The van der Waals surface area contributed by atoms with Gasteiger partial charge in [0.1, 0.15) is 5.69 Å². The summed E-state index contributed by atoms with van der Waals surface area (Å²) in [5.74, 6) is 0.0401. The van der Waals surface area contributed by atoms with Gasteiger partial charge in [-0.1, -0.05) is 12.1 Å². The number of anilines is 1. The Hall–Kier alpha value is -2.40. The van der Waals surface area contributed by atoms with Crippen molar-refractivity contribution in [2.45, 2.75) is 25.9 Å². The SMILES string of the molecule is O=C1CC(c2ccc(N3CCCC3)cc2)=Cn2nc(CO)cc21. The number of carbonyl (C=O) groups excluding carboxylic acids is 1. The molecule has 0 amide bonds. The van der Waals surface area contributed by atoms with Crippen LogP contribution in [0.5, 0.6) is 0 Å². The van der Waals surface area contributed by atoms with E-state index in [-0.39, 0.29) is 12.4 Å². The molecule has 5 nitrogen and oxygen atoms in total. The molecular formula is C18H19N3O2. The molecule has 3 heterocycles. The molecule has 0 radical (unpaired) electrons. The summed E-state index contributed by atoms with van der Waals surface area (Å²) >= 11 is 0. The Labute approximate surface area is 134 Å². The summed E-state index contributed by atoms with van der Waals surface area (Å²) in [7, 11) is 0. The Morgan fingerprint density at radius 3 is 2.57 bits per heavy atom. The number of aliphatic hydroxyl groups excluding tert-OH is 1. The number of aliphatic hydroxyl groups is 1. The molecule has 0 saturated carbocycles. The number of carbonyl (C=O) groups is 1. The predicted molar refractivity (Wildman–Crippen MR) is 89.2 cm³/mol. The molecule has 1 fully saturated rings. The van der Waals surface area contributed by atoms with Gasteiger partial charge in [0.05, 0.1) is 12.3 Å². The molecule has 0 unspecified atom stereocenters. The van der Waals surface area contributed by atoms with Crippen LogP contribution in [-0.4, -0.2) is 33.8 Å². The van der Waals surface area contributed by atoms with E-state index >= 15 is 0 Å². The minimum absolute atomic E-state index is 0.0401. The van der Waals surface area contributed by atoms with E-state index in [1.54, 1.807) is 10.7 Å². The summed E-state index contributed by atoms with van der Waals surface area (Å²) in [6.45, 7) is 2.10. The maximum absolute atomic E-state index is 12.3. The highest BCUT2D eigenvalue weighted by Crippen LogP contribution is 2.29. The minimum Gasteiger partial charge on any atom is -0.390 e. The van der Waals surface area contributed by atoms with Crippen molar-refractivity contribution >= 4 is 23.2 Å². The lowest BCUT2D eigenvalue weighted by molar-refractivity contribution is 0.0989. The molecule has 0 bridgehead atoms. The monoisotopic (exact) mass is 309 g/mol. The third-order valence-electron chi connectivity index (χ3n) is 4.57. The maximum atomic E-state index is 12.3. The van der Waals surface area contributed by atoms with E-state index in [1.165, 1.54) is 18.5 Å². The van der Waals surface area contributed by atoms with Crippen molar-refractivity contribution in [2.24, 2.45) is 0 Å². The largest absolute Gasteiger partial charge is 0.390 e. The van der Waals surface area contributed by atoms with E-state index in [4.69, 9.17) is 0 Å². The first-order valence-corrected chi connectivity index (χ1v) is 8.03. The van der Waals surface area contributed by atoms with E-state index in [1.807, 2.05) is 6.20 Å². The first-order valence-electron chi connectivity index (χ1n) is 8.03. The van der Waals surface area contributed by atoms with Gasteiger partial charge in [0, 0.05) is 31.4 Å². The van der Waals surface area contributed by atoms with E-state index in [2.05, 4.69) is 34.3 Å². The lowest BCUT2D eigenvalue weighted by Crippen LogP contribution is -2.17. The Balaban J connectivity index is 1.63. The van der Waals surface area contributed by atoms with Crippen LogP contribution in [0.4, 0.5) is 5.69 Å². The highest BCUT2D eigenvalue weighted by atomic mass is 16.3. The number of rotatable bonds is 3. The van der Waals surface area contributed by atoms with E-state index in [0.717, 1.165) is 24.2 Å². The van der Waals surface area contributed by atoms with Gasteiger partial charge in [0.25, 0.3) is 0 Å². The van der Waals surface area contributed by atoms with E-state index < -0.39 is 0 Å². The fraction of sp³-hybridized carbons (Fsp3) is 0.333. The molecule has 1 aromatic heterocycles. The van der Waals surface area contributed by atoms with Crippen molar-refractivity contribution in [2.75, 3.05) is 18.0 Å². The number of allylic oxidation sites excluding steroid dienone is 1. The van der Waals surface area contributed by atoms with Gasteiger partial charge in [0.15, 0.2) is 5.78 Å². The third-order valence-corrected chi connectivity index (χ3v) is 4.57. The van der Waals surface area contributed by atoms with Gasteiger partial charge in [-0.3, -0.25) is 4.79 Å². The standard InChI is InChI=1S/C18H19N3O2/c22-12-15-10-17-18(23)9-14(11-21(17)19-15)13-3-5-16(6-4-13)20-7-1-2-8-20/h3-6,10-11,22H,1-2,7-9,12H2. The second-order valence-corrected chi connectivity index (χ2v) is 6.12. The number of nitrogens with zero attached hydrogens (tertiary/aromatic N) is 3. The molecule has 23 heavy (non-hydrogen) atoms. The number of fused-ring (bicyclic) bond motifs is 1. The van der Waals surface area contributed by atoms with E-state index in [0.29, 0.717) is 17.8 Å². The molecule has 0 aliphatic carbocycles. The van der Waals surface area contributed by atoms with Crippen LogP contribution in [0.2, 0.25) is 0 Å². The zero-order valence-electron chi connectivity index (χ0n) is 12.9. The minimum atomic E-state index is -0.152. The third kappa shape index (κ3) is 2.57. The summed E-state index contributed by atoms with van der Waals surface area (Å²) < 4.78 is 1.58. The quantitative estimate of drug-likeness (QED) is 0.946. The Morgan fingerprint density at radius 1 is 1.13 bits per heavy atom. The Bertz CT molecular complexity index is 768. The zero-order chi connectivity index (χ0) is 15.8. The van der Waals surface area contributed by atoms with Crippen LogP contribution in [0, 0.1) is 0 Å². The summed E-state index contributed by atoms with van der Waals surface area (Å²) in [5.41, 5.74) is 4.33. The number of benzene rings is 1. The van der Waals surface area contributed by atoms with Gasteiger partial charge < -0.3 is 10.0 Å². The van der Waals surface area contributed by atoms with Gasteiger partial charge in [-0.05, 0) is 42.2 Å². The molecule has 2 aliphatic rings. The van der Waals surface area contributed by atoms with Crippen LogP contribution in [0.15, 0.2) is 30.3 Å². The number of Topliss-reactive ketones (excluding diaryl/α,β-unsaturated/α-hetero) is 1. The fourth-order valence-corrected chi connectivity index (χ4v) is 3.32. The van der Waals surface area contributed by atoms with Crippen molar-refractivity contribution in [3.63, 3.8) is 0 Å². The number of hydrogen-bond donors (Lipinski definition) is 1. The molecule has 5 heteroatoms. The second-order valence-electron chi connectivity index (χ2n) is 6.12. The lowest BCUT2D eigenvalue weighted by Gasteiger charge is -2.19. The first-order chi connectivity index (χ1) is 11.2. The zero-order valence-corrected chi connectivity index (χ0v) is 12.9. The average molecular weight is 309 g/mol. The number of hydrogen-bond acceptors (Lipinski definition) is 4. The highest BCUT2D eigenvalue weighted by Gasteiger charge is 2.22. The molecule has 0 spiro atoms. The van der Waals surface area contributed by atoms with Crippen LogP contribution < -0.4 is 4.90 Å². The van der Waals surface area contributed by atoms with Crippen molar-refractivity contribution < 1.29 is 9.90 Å². The summed E-state index contributed by atoms with van der Waals surface area (Å²) in [6.07, 6.45) is 4.79. The number of aromatic nitrogens is 2. The molecule has 4 rings (SSSR count). The second kappa shape index (κ2) is 5.66. The normalized spacial score (nSPS) is 17.3. The topological polar surface area (TPSA) is 58.4 Å². The first kappa shape index (κ1) is 14.2. The van der Waals surface area contributed by atoms with Crippen molar-refractivity contribution in [3.8, 4) is 0 Å². The molecule has 1 aromatic carbocycles. The summed E-state index contributed by atoms with van der Waals surface area (Å²) in [5, 5.41) is 13.4. The summed E-state index contributed by atoms with van der Waals surface area (Å²) in [4.78, 5) is 14.7. The smallest absolute Gasteiger partial charge is 0.185 e. The highest BCUT2D eigenvalue weighted by molar-refractivity contribution is 6.06. The van der Waals surface area contributed by atoms with Crippen molar-refractivity contribution in [1.82, 2.24) is 9.78 Å². The van der Waals surface area contributed by atoms with Crippen LogP contribution in [0.25, 0.3) is 11.8 Å². The maximum Gasteiger partial charge on any atom is 0.185 e. The molecule has 118 valence electrons. The van der Waals surface area contributed by atoms with Crippen molar-refractivity contribution in [3.05, 3.63) is 47.3 Å². The Kier molecular flexibility index (Phi) is 3.50. The molecule has 2 aromatic rings. The molecule has 1 saturated heterocycles. The van der Waals surface area contributed by atoms with Gasteiger partial charge in [0.2, 0.25) is 0 Å². The van der Waals surface area contributed by atoms with Gasteiger partial charge in [-0.2, -0.15) is 5.10 Å². The van der Waals surface area contributed by atoms with Gasteiger partial charge in [-0.15, -0.1) is 0 Å². The van der Waals surface area contributed by atoms with Crippen LogP contribution in [0.3, 0.4) is 0 Å². The average Bonchev–Trinajstić information content (AvgIpc) is 3.24. The number of ketones is 1. The van der Waals surface area contributed by atoms with Gasteiger partial charge in [-0.25, -0.2) is 4.68 Å². The van der Waals surface area contributed by atoms with Crippen LogP contribution >= 0.6 is 0 Å². The van der Waals surface area contributed by atoms with Gasteiger partial charge >= 0.3 is 0 Å². The Morgan fingerprint density at radius 2 is 1.87 bits per heavy atom. The van der Waals surface area contributed by atoms with Crippen molar-refractivity contribution in [1.29, 1.82) is 0 Å². The molecule has 1 N–H and O–H groups in total. The molecular weight excluding hydrogens is 290 g/mol. The van der Waals surface area contributed by atoms with Crippen LogP contribution in [-0.2, 0) is 6.61 Å². The fourth-order valence-electron chi connectivity index (χ4n) is 3.32. The van der Waals surface area contributed by atoms with Crippen LogP contribution in [0.1, 0.15) is 41.0 Å². The summed E-state index contributed by atoms with van der Waals surface area (Å²) in [6, 6.07) is 10.1. The molecule has 2 aliphatic heterocycles. The van der Waals surface area contributed by atoms with E-state index in [9.17, 15) is 9.90 Å². The lowest BCUT2D eigenvalue weighted by atomic mass is 9.98. The predicted octanol–water partition coefficient (Wildman–Crippen LogP) is 2.56. The molecule has 0 atom stereocenters.